The van der Waals surface area contributed by atoms with Gasteiger partial charge in [0.2, 0.25) is 0 Å². The molecule has 2 aromatic rings. The molecular formula is C18H13NO3S2. The average molecular weight is 355 g/mol. The SMILES string of the molecule is COc1ccc(C(=O)N2C(=O)/C(=C/c3ccccc3)SC2=S)cc1. The van der Waals surface area contributed by atoms with Gasteiger partial charge in [-0.3, -0.25) is 9.59 Å². The third-order valence-electron chi connectivity index (χ3n) is 3.43. The fraction of sp³-hybridized carbons (Fsp3) is 0.0556. The number of rotatable bonds is 3. The van der Waals surface area contributed by atoms with Crippen LogP contribution in [0.1, 0.15) is 15.9 Å². The molecule has 0 saturated carbocycles. The van der Waals surface area contributed by atoms with Gasteiger partial charge in [0.1, 0.15) is 5.75 Å². The van der Waals surface area contributed by atoms with E-state index in [2.05, 4.69) is 0 Å². The Morgan fingerprint density at radius 3 is 2.42 bits per heavy atom. The lowest BCUT2D eigenvalue weighted by atomic mass is 10.2. The monoisotopic (exact) mass is 355 g/mol. The molecule has 0 atom stereocenters. The van der Waals surface area contributed by atoms with Crippen LogP contribution in [0.2, 0.25) is 0 Å². The minimum absolute atomic E-state index is 0.239. The van der Waals surface area contributed by atoms with E-state index in [1.807, 2.05) is 30.3 Å². The van der Waals surface area contributed by atoms with E-state index in [4.69, 9.17) is 17.0 Å². The Balaban J connectivity index is 1.86. The van der Waals surface area contributed by atoms with Crippen molar-refractivity contribution in [3.8, 4) is 5.75 Å². The van der Waals surface area contributed by atoms with Gasteiger partial charge in [0, 0.05) is 5.56 Å². The largest absolute Gasteiger partial charge is 0.497 e. The second-order valence-corrected chi connectivity index (χ2v) is 6.64. The van der Waals surface area contributed by atoms with Crippen molar-refractivity contribution in [1.29, 1.82) is 0 Å². The average Bonchev–Trinajstić information content (AvgIpc) is 2.89. The zero-order chi connectivity index (χ0) is 17.1. The highest BCUT2D eigenvalue weighted by Gasteiger charge is 2.37. The van der Waals surface area contributed by atoms with Gasteiger partial charge >= 0.3 is 0 Å². The van der Waals surface area contributed by atoms with Gasteiger partial charge in [-0.25, -0.2) is 4.90 Å². The summed E-state index contributed by atoms with van der Waals surface area (Å²) in [7, 11) is 1.55. The van der Waals surface area contributed by atoms with E-state index in [-0.39, 0.29) is 4.32 Å². The number of carbonyl (C=O) groups is 2. The maximum atomic E-state index is 12.6. The summed E-state index contributed by atoms with van der Waals surface area (Å²) in [4.78, 5) is 26.6. The number of benzene rings is 2. The third-order valence-corrected chi connectivity index (χ3v) is 4.73. The molecule has 0 unspecified atom stereocenters. The molecule has 0 spiro atoms. The number of hydrogen-bond acceptors (Lipinski definition) is 5. The van der Waals surface area contributed by atoms with Crippen molar-refractivity contribution in [2.24, 2.45) is 0 Å². The molecule has 1 fully saturated rings. The maximum absolute atomic E-state index is 12.6. The van der Waals surface area contributed by atoms with Crippen LogP contribution >= 0.6 is 24.0 Å². The molecule has 1 heterocycles. The topological polar surface area (TPSA) is 46.6 Å². The van der Waals surface area contributed by atoms with Gasteiger partial charge in [-0.2, -0.15) is 0 Å². The molecule has 0 radical (unpaired) electrons. The Kier molecular flexibility index (Phi) is 4.78. The summed E-state index contributed by atoms with van der Waals surface area (Å²) in [6, 6.07) is 16.0. The van der Waals surface area contributed by atoms with Crippen LogP contribution in [-0.4, -0.2) is 28.1 Å². The van der Waals surface area contributed by atoms with E-state index in [1.165, 1.54) is 0 Å². The molecule has 24 heavy (non-hydrogen) atoms. The normalized spacial score (nSPS) is 15.9. The Morgan fingerprint density at radius 1 is 1.12 bits per heavy atom. The molecule has 0 aromatic heterocycles. The quantitative estimate of drug-likeness (QED) is 0.477. The van der Waals surface area contributed by atoms with Crippen LogP contribution in [0.3, 0.4) is 0 Å². The highest BCUT2D eigenvalue weighted by Crippen LogP contribution is 2.33. The van der Waals surface area contributed by atoms with Crippen LogP contribution in [0.4, 0.5) is 0 Å². The first-order valence-electron chi connectivity index (χ1n) is 7.11. The second-order valence-electron chi connectivity index (χ2n) is 4.96. The summed E-state index contributed by atoms with van der Waals surface area (Å²) >= 11 is 6.35. The highest BCUT2D eigenvalue weighted by atomic mass is 32.2. The number of thiocarbonyl (C=S) groups is 1. The molecule has 4 nitrogen and oxygen atoms in total. The van der Waals surface area contributed by atoms with Gasteiger partial charge in [-0.05, 0) is 35.9 Å². The first-order valence-corrected chi connectivity index (χ1v) is 8.34. The molecular weight excluding hydrogens is 342 g/mol. The van der Waals surface area contributed by atoms with E-state index < -0.39 is 11.8 Å². The predicted octanol–water partition coefficient (Wildman–Crippen LogP) is 3.74. The van der Waals surface area contributed by atoms with Crippen molar-refractivity contribution in [2.75, 3.05) is 7.11 Å². The lowest BCUT2D eigenvalue weighted by molar-refractivity contribution is -0.120. The van der Waals surface area contributed by atoms with E-state index in [9.17, 15) is 9.59 Å². The molecule has 2 amide bonds. The number of carbonyl (C=O) groups excluding carboxylic acids is 2. The molecule has 6 heteroatoms. The number of ether oxygens (including phenoxy) is 1. The molecule has 0 aliphatic carbocycles. The Hall–Kier alpha value is -2.44. The van der Waals surface area contributed by atoms with E-state index in [0.29, 0.717) is 16.2 Å². The van der Waals surface area contributed by atoms with Crippen molar-refractivity contribution in [1.82, 2.24) is 4.90 Å². The lowest BCUT2D eigenvalue weighted by Gasteiger charge is -2.12. The highest BCUT2D eigenvalue weighted by molar-refractivity contribution is 8.26. The minimum Gasteiger partial charge on any atom is -0.497 e. The number of thioether (sulfide) groups is 1. The van der Waals surface area contributed by atoms with Crippen molar-refractivity contribution >= 4 is 46.2 Å². The third kappa shape index (κ3) is 3.25. The predicted molar refractivity (Wildman–Crippen MR) is 98.8 cm³/mol. The number of nitrogens with zero attached hydrogens (tertiary/aromatic N) is 1. The van der Waals surface area contributed by atoms with Crippen molar-refractivity contribution < 1.29 is 14.3 Å². The summed E-state index contributed by atoms with van der Waals surface area (Å²) in [6.45, 7) is 0. The summed E-state index contributed by atoms with van der Waals surface area (Å²) < 4.78 is 5.31. The standard InChI is InChI=1S/C18H13NO3S2/c1-22-14-9-7-13(8-10-14)16(20)19-17(21)15(24-18(19)23)11-12-5-3-2-4-6-12/h2-11H,1H3/b15-11-. The van der Waals surface area contributed by atoms with E-state index >= 15 is 0 Å². The van der Waals surface area contributed by atoms with Crippen LogP contribution in [0.15, 0.2) is 59.5 Å². The van der Waals surface area contributed by atoms with Crippen molar-refractivity contribution in [3.63, 3.8) is 0 Å². The van der Waals surface area contributed by atoms with Gasteiger partial charge < -0.3 is 4.74 Å². The number of methoxy groups -OCH3 is 1. The Morgan fingerprint density at radius 2 is 1.79 bits per heavy atom. The van der Waals surface area contributed by atoms with Gasteiger partial charge in [-0.1, -0.05) is 54.3 Å². The van der Waals surface area contributed by atoms with Crippen molar-refractivity contribution in [2.45, 2.75) is 0 Å². The van der Waals surface area contributed by atoms with Gasteiger partial charge in [0.15, 0.2) is 4.32 Å². The van der Waals surface area contributed by atoms with E-state index in [1.54, 1.807) is 37.5 Å². The Labute approximate surface area is 149 Å². The Bertz CT molecular complexity index is 829. The van der Waals surface area contributed by atoms with Crippen LogP contribution in [0, 0.1) is 0 Å². The molecule has 1 aliphatic rings. The maximum Gasteiger partial charge on any atom is 0.273 e. The molecule has 0 bridgehead atoms. The summed E-state index contributed by atoms with van der Waals surface area (Å²) in [6.07, 6.45) is 1.74. The number of amides is 2. The van der Waals surface area contributed by atoms with Gasteiger partial charge in [-0.15, -0.1) is 0 Å². The lowest BCUT2D eigenvalue weighted by Crippen LogP contribution is -2.34. The van der Waals surface area contributed by atoms with Crippen LogP contribution in [-0.2, 0) is 4.79 Å². The summed E-state index contributed by atoms with van der Waals surface area (Å²) in [5.74, 6) is -0.188. The fourth-order valence-corrected chi connectivity index (χ4v) is 3.46. The molecule has 120 valence electrons. The second kappa shape index (κ2) is 6.98. The number of imide groups is 1. The van der Waals surface area contributed by atoms with Crippen molar-refractivity contribution in [3.05, 3.63) is 70.6 Å². The fourth-order valence-electron chi connectivity index (χ4n) is 2.21. The molecule has 1 saturated heterocycles. The van der Waals surface area contributed by atoms with Crippen LogP contribution in [0.5, 0.6) is 5.75 Å². The molecule has 0 N–H and O–H groups in total. The molecule has 3 rings (SSSR count). The number of hydrogen-bond donors (Lipinski definition) is 0. The van der Waals surface area contributed by atoms with Crippen LogP contribution < -0.4 is 4.74 Å². The zero-order valence-electron chi connectivity index (χ0n) is 12.8. The summed E-state index contributed by atoms with van der Waals surface area (Å²) in [5, 5.41) is 0. The molecule has 2 aromatic carbocycles. The minimum atomic E-state index is -0.434. The summed E-state index contributed by atoms with van der Waals surface area (Å²) in [5.41, 5.74) is 1.27. The van der Waals surface area contributed by atoms with E-state index in [0.717, 1.165) is 22.2 Å². The first kappa shape index (κ1) is 16.4. The van der Waals surface area contributed by atoms with Gasteiger partial charge in [0.05, 0.1) is 12.0 Å². The first-order chi connectivity index (χ1) is 11.6. The van der Waals surface area contributed by atoms with Crippen LogP contribution in [0.25, 0.3) is 6.08 Å². The smallest absolute Gasteiger partial charge is 0.273 e. The van der Waals surface area contributed by atoms with Gasteiger partial charge in [0.25, 0.3) is 11.8 Å². The zero-order valence-corrected chi connectivity index (χ0v) is 14.4. The molecule has 1 aliphatic heterocycles.